The van der Waals surface area contributed by atoms with Gasteiger partial charge in [-0.05, 0) is 44.6 Å². The van der Waals surface area contributed by atoms with Gasteiger partial charge in [-0.25, -0.2) is 4.79 Å². The molecule has 3 amide bonds. The average Bonchev–Trinajstić information content (AvgIpc) is 3.40. The van der Waals surface area contributed by atoms with Gasteiger partial charge in [0.15, 0.2) is 0 Å². The first-order valence-corrected chi connectivity index (χ1v) is 11.3. The molecule has 9 nitrogen and oxygen atoms in total. The Morgan fingerprint density at radius 3 is 1.81 bits per heavy atom. The van der Waals surface area contributed by atoms with Gasteiger partial charge >= 0.3 is 5.97 Å². The van der Waals surface area contributed by atoms with Gasteiger partial charge in [-0.2, -0.15) is 0 Å². The smallest absolute Gasteiger partial charge is 0.328 e. The zero-order chi connectivity index (χ0) is 23.3. The normalized spacial score (nSPS) is 23.2. The minimum atomic E-state index is -0.763. The molecule has 0 aromatic rings. The number of hydrogen-bond donors (Lipinski definition) is 2. The van der Waals surface area contributed by atoms with Gasteiger partial charge in [0.05, 0.1) is 13.2 Å². The number of amides is 3. The molecule has 2 rings (SSSR count). The third kappa shape index (κ3) is 5.56. The molecule has 2 N–H and O–H groups in total. The Morgan fingerprint density at radius 2 is 1.32 bits per heavy atom. The molecule has 31 heavy (non-hydrogen) atoms. The van der Waals surface area contributed by atoms with Crippen LogP contribution in [0.2, 0.25) is 0 Å². The summed E-state index contributed by atoms with van der Waals surface area (Å²) in [5.74, 6) is -1.18. The van der Waals surface area contributed by atoms with Crippen molar-refractivity contribution in [2.24, 2.45) is 11.8 Å². The lowest BCUT2D eigenvalue weighted by Crippen LogP contribution is -2.58. The number of carbonyl (C=O) groups is 4. The summed E-state index contributed by atoms with van der Waals surface area (Å²) in [7, 11) is 3.06. The van der Waals surface area contributed by atoms with Gasteiger partial charge in [-0.15, -0.1) is 0 Å². The predicted molar refractivity (Wildman–Crippen MR) is 116 cm³/mol. The number of carbonyl (C=O) groups excluding carboxylic acids is 4. The van der Waals surface area contributed by atoms with Crippen LogP contribution in [-0.4, -0.2) is 84.9 Å². The second kappa shape index (κ2) is 10.9. The van der Waals surface area contributed by atoms with Crippen LogP contribution in [0.3, 0.4) is 0 Å². The highest BCUT2D eigenvalue weighted by atomic mass is 16.5. The molecule has 176 valence electrons. The molecule has 2 fully saturated rings. The Morgan fingerprint density at radius 1 is 0.839 bits per heavy atom. The molecule has 0 bridgehead atoms. The summed E-state index contributed by atoms with van der Waals surface area (Å²) in [4.78, 5) is 54.6. The maximum absolute atomic E-state index is 13.2. The highest BCUT2D eigenvalue weighted by molar-refractivity contribution is 5.95. The van der Waals surface area contributed by atoms with E-state index in [1.165, 1.54) is 12.0 Å². The summed E-state index contributed by atoms with van der Waals surface area (Å²) in [6.45, 7) is 8.64. The third-order valence-corrected chi connectivity index (χ3v) is 6.32. The van der Waals surface area contributed by atoms with Crippen LogP contribution in [0.1, 0.15) is 53.4 Å². The number of nitrogens with one attached hydrogen (secondary N) is 2. The molecule has 4 unspecified atom stereocenters. The van der Waals surface area contributed by atoms with Crippen LogP contribution in [0.4, 0.5) is 0 Å². The SMILES string of the molecule is CNC(C(=O)N1CCCC1C(=O)NC(C(=O)N1CCCC1C(=O)OC)C(C)C)C(C)C. The van der Waals surface area contributed by atoms with Crippen molar-refractivity contribution >= 4 is 23.7 Å². The van der Waals surface area contributed by atoms with Crippen LogP contribution in [0, 0.1) is 11.8 Å². The van der Waals surface area contributed by atoms with E-state index in [4.69, 9.17) is 4.74 Å². The molecular formula is C22H38N4O5. The number of rotatable bonds is 8. The number of ether oxygens (including phenoxy) is 1. The second-order valence-corrected chi connectivity index (χ2v) is 9.14. The molecule has 2 aliphatic rings. The lowest BCUT2D eigenvalue weighted by molar-refractivity contribution is -0.152. The standard InChI is InChI=1S/C22H38N4O5/c1-13(2)17(23-5)20(28)25-11-7-9-15(25)19(27)24-18(14(3)4)21(29)26-12-8-10-16(26)22(30)31-6/h13-18,23H,7-12H2,1-6H3,(H,24,27). The van der Waals surface area contributed by atoms with Gasteiger partial charge in [0.1, 0.15) is 18.1 Å². The van der Waals surface area contributed by atoms with Gasteiger partial charge in [0, 0.05) is 13.1 Å². The third-order valence-electron chi connectivity index (χ3n) is 6.32. The fraction of sp³-hybridized carbons (Fsp3) is 0.818. The zero-order valence-electron chi connectivity index (χ0n) is 19.6. The molecule has 0 aromatic carbocycles. The van der Waals surface area contributed by atoms with Crippen LogP contribution < -0.4 is 10.6 Å². The highest BCUT2D eigenvalue weighted by Gasteiger charge is 2.42. The van der Waals surface area contributed by atoms with Crippen LogP contribution in [-0.2, 0) is 23.9 Å². The summed E-state index contributed by atoms with van der Waals surface area (Å²) in [6, 6.07) is -2.32. The molecule has 0 saturated carbocycles. The number of methoxy groups -OCH3 is 1. The van der Waals surface area contributed by atoms with Crippen LogP contribution >= 0.6 is 0 Å². The van der Waals surface area contributed by atoms with E-state index < -0.39 is 24.1 Å². The molecule has 0 aromatic heterocycles. The first-order chi connectivity index (χ1) is 14.6. The Balaban J connectivity index is 2.13. The Labute approximate surface area is 185 Å². The molecule has 2 saturated heterocycles. The molecule has 2 heterocycles. The van der Waals surface area contributed by atoms with E-state index in [2.05, 4.69) is 10.6 Å². The fourth-order valence-corrected chi connectivity index (χ4v) is 4.58. The second-order valence-electron chi connectivity index (χ2n) is 9.14. The van der Waals surface area contributed by atoms with E-state index in [1.807, 2.05) is 27.7 Å². The predicted octanol–water partition coefficient (Wildman–Crippen LogP) is 0.526. The fourth-order valence-electron chi connectivity index (χ4n) is 4.58. The van der Waals surface area contributed by atoms with Crippen molar-refractivity contribution in [1.29, 1.82) is 0 Å². The summed E-state index contributed by atoms with van der Waals surface area (Å²) in [5.41, 5.74) is 0. The topological polar surface area (TPSA) is 108 Å². The summed E-state index contributed by atoms with van der Waals surface area (Å²) >= 11 is 0. The average molecular weight is 439 g/mol. The largest absolute Gasteiger partial charge is 0.467 e. The van der Waals surface area contributed by atoms with Gasteiger partial charge in [0.25, 0.3) is 0 Å². The number of esters is 1. The quantitative estimate of drug-likeness (QED) is 0.535. The van der Waals surface area contributed by atoms with Crippen molar-refractivity contribution in [3.8, 4) is 0 Å². The first kappa shape index (κ1) is 25.1. The number of hydrogen-bond acceptors (Lipinski definition) is 6. The first-order valence-electron chi connectivity index (χ1n) is 11.3. The van der Waals surface area contributed by atoms with Crippen LogP contribution in [0.5, 0.6) is 0 Å². The molecule has 9 heteroatoms. The van der Waals surface area contributed by atoms with Crippen molar-refractivity contribution in [3.05, 3.63) is 0 Å². The van der Waals surface area contributed by atoms with Crippen molar-refractivity contribution in [2.75, 3.05) is 27.2 Å². The summed E-state index contributed by atoms with van der Waals surface area (Å²) in [5, 5.41) is 5.93. The van der Waals surface area contributed by atoms with E-state index in [1.54, 1.807) is 11.9 Å². The Kier molecular flexibility index (Phi) is 8.85. The monoisotopic (exact) mass is 438 g/mol. The van der Waals surface area contributed by atoms with Crippen LogP contribution in [0.15, 0.2) is 0 Å². The van der Waals surface area contributed by atoms with Crippen molar-refractivity contribution in [3.63, 3.8) is 0 Å². The Bertz CT molecular complexity index is 681. The minimum Gasteiger partial charge on any atom is -0.467 e. The molecule has 4 atom stereocenters. The lowest BCUT2D eigenvalue weighted by Gasteiger charge is -2.33. The van der Waals surface area contributed by atoms with Gasteiger partial charge in [-0.1, -0.05) is 27.7 Å². The number of likely N-dealkylation sites (tertiary alicyclic amines) is 2. The van der Waals surface area contributed by atoms with E-state index >= 15 is 0 Å². The molecular weight excluding hydrogens is 400 g/mol. The lowest BCUT2D eigenvalue weighted by atomic mass is 10.0. The Hall–Kier alpha value is -2.16. The van der Waals surface area contributed by atoms with Gasteiger partial charge in [-0.3, -0.25) is 14.4 Å². The van der Waals surface area contributed by atoms with E-state index in [0.717, 1.165) is 12.8 Å². The van der Waals surface area contributed by atoms with Gasteiger partial charge < -0.3 is 25.2 Å². The van der Waals surface area contributed by atoms with Crippen molar-refractivity contribution < 1.29 is 23.9 Å². The molecule has 0 radical (unpaired) electrons. The van der Waals surface area contributed by atoms with Crippen molar-refractivity contribution in [2.45, 2.75) is 77.5 Å². The maximum Gasteiger partial charge on any atom is 0.328 e. The van der Waals surface area contributed by atoms with Crippen LogP contribution in [0.25, 0.3) is 0 Å². The minimum absolute atomic E-state index is 0.0899. The summed E-state index contributed by atoms with van der Waals surface area (Å²) in [6.07, 6.45) is 2.59. The number of likely N-dealkylation sites (N-methyl/N-ethyl adjacent to an activating group) is 1. The van der Waals surface area contributed by atoms with E-state index in [0.29, 0.717) is 25.9 Å². The van der Waals surface area contributed by atoms with E-state index in [-0.39, 0.29) is 35.6 Å². The summed E-state index contributed by atoms with van der Waals surface area (Å²) < 4.78 is 4.84. The maximum atomic E-state index is 13.2. The van der Waals surface area contributed by atoms with Crippen molar-refractivity contribution in [1.82, 2.24) is 20.4 Å². The molecule has 2 aliphatic heterocycles. The van der Waals surface area contributed by atoms with E-state index in [9.17, 15) is 19.2 Å². The highest BCUT2D eigenvalue weighted by Crippen LogP contribution is 2.23. The van der Waals surface area contributed by atoms with Gasteiger partial charge in [0.2, 0.25) is 17.7 Å². The molecule has 0 spiro atoms. The zero-order valence-corrected chi connectivity index (χ0v) is 19.6. The molecule has 0 aliphatic carbocycles. The number of nitrogens with zero attached hydrogens (tertiary/aromatic N) is 2.